The molecule has 0 bridgehead atoms. The smallest absolute Gasteiger partial charge is 0.338 e. The largest absolute Gasteiger partial charge is 0.497 e. The maximum absolute atomic E-state index is 11.8. The molecular formula is C18H17ClO4. The fraction of sp³-hybridized carbons (Fsp3) is 0.278. The molecule has 2 aromatic rings. The van der Waals surface area contributed by atoms with Crippen LogP contribution in [-0.4, -0.2) is 20.2 Å². The van der Waals surface area contributed by atoms with Crippen LogP contribution in [-0.2, 0) is 11.2 Å². The molecule has 0 spiro atoms. The number of ether oxygens (including phenoxy) is 3. The molecule has 0 fully saturated rings. The number of carbonyl (C=O) groups excluding carboxylic acids is 1. The van der Waals surface area contributed by atoms with E-state index in [2.05, 4.69) is 0 Å². The topological polar surface area (TPSA) is 44.8 Å². The average molecular weight is 333 g/mol. The summed E-state index contributed by atoms with van der Waals surface area (Å²) in [6.07, 6.45) is 1.33. The van der Waals surface area contributed by atoms with Crippen molar-refractivity contribution in [3.63, 3.8) is 0 Å². The molecule has 1 unspecified atom stereocenters. The Labute approximate surface area is 139 Å². The molecule has 2 aromatic carbocycles. The zero-order valence-electron chi connectivity index (χ0n) is 13.0. The number of halogens is 1. The Bertz CT molecular complexity index is 742. The summed E-state index contributed by atoms with van der Waals surface area (Å²) in [5.41, 5.74) is 2.37. The van der Waals surface area contributed by atoms with E-state index in [4.69, 9.17) is 25.8 Å². The van der Waals surface area contributed by atoms with Gasteiger partial charge < -0.3 is 14.2 Å². The van der Waals surface area contributed by atoms with E-state index < -0.39 is 0 Å². The van der Waals surface area contributed by atoms with Gasteiger partial charge in [0.25, 0.3) is 0 Å². The Morgan fingerprint density at radius 2 is 2.09 bits per heavy atom. The molecule has 4 nitrogen and oxygen atoms in total. The van der Waals surface area contributed by atoms with E-state index in [9.17, 15) is 4.79 Å². The van der Waals surface area contributed by atoms with Gasteiger partial charge >= 0.3 is 5.97 Å². The highest BCUT2D eigenvalue weighted by Gasteiger charge is 2.26. The Kier molecular flexibility index (Phi) is 4.44. The first-order chi connectivity index (χ1) is 11.1. The third-order valence-corrected chi connectivity index (χ3v) is 4.35. The van der Waals surface area contributed by atoms with Gasteiger partial charge in [-0.25, -0.2) is 4.79 Å². The van der Waals surface area contributed by atoms with E-state index in [0.29, 0.717) is 22.1 Å². The second-order valence-electron chi connectivity index (χ2n) is 5.31. The van der Waals surface area contributed by atoms with Gasteiger partial charge in [0.1, 0.15) is 17.6 Å². The van der Waals surface area contributed by atoms with Gasteiger partial charge in [0.2, 0.25) is 0 Å². The van der Waals surface area contributed by atoms with Gasteiger partial charge in [-0.15, -0.1) is 0 Å². The SMILES string of the molecule is COC(=O)c1cccc2c1CCC(c1ccc(OC)cc1Cl)O2. The fourth-order valence-corrected chi connectivity index (χ4v) is 3.13. The maximum Gasteiger partial charge on any atom is 0.338 e. The van der Waals surface area contributed by atoms with E-state index in [1.165, 1.54) is 7.11 Å². The van der Waals surface area contributed by atoms with Crippen LogP contribution in [0, 0.1) is 0 Å². The number of esters is 1. The predicted octanol–water partition coefficient (Wildman–Crippen LogP) is 4.20. The maximum atomic E-state index is 11.8. The number of benzene rings is 2. The second-order valence-corrected chi connectivity index (χ2v) is 5.71. The third kappa shape index (κ3) is 2.99. The van der Waals surface area contributed by atoms with Gasteiger partial charge in [0.15, 0.2) is 0 Å². The molecule has 1 aliphatic heterocycles. The average Bonchev–Trinajstić information content (AvgIpc) is 2.59. The van der Waals surface area contributed by atoms with Crippen LogP contribution in [0.5, 0.6) is 11.5 Å². The number of fused-ring (bicyclic) bond motifs is 1. The van der Waals surface area contributed by atoms with Crippen molar-refractivity contribution in [3.8, 4) is 11.5 Å². The van der Waals surface area contributed by atoms with Crippen LogP contribution in [0.25, 0.3) is 0 Å². The highest BCUT2D eigenvalue weighted by molar-refractivity contribution is 6.31. The van der Waals surface area contributed by atoms with Crippen LogP contribution in [0.1, 0.15) is 34.0 Å². The molecule has 23 heavy (non-hydrogen) atoms. The zero-order chi connectivity index (χ0) is 16.4. The fourth-order valence-electron chi connectivity index (χ4n) is 2.84. The highest BCUT2D eigenvalue weighted by Crippen LogP contribution is 2.39. The van der Waals surface area contributed by atoms with E-state index in [-0.39, 0.29) is 12.1 Å². The molecule has 1 atom stereocenters. The first-order valence-corrected chi connectivity index (χ1v) is 7.72. The summed E-state index contributed by atoms with van der Waals surface area (Å²) in [6.45, 7) is 0. The summed E-state index contributed by atoms with van der Waals surface area (Å²) in [6, 6.07) is 11.0. The highest BCUT2D eigenvalue weighted by atomic mass is 35.5. The molecule has 0 aliphatic carbocycles. The zero-order valence-corrected chi connectivity index (χ0v) is 13.7. The molecule has 0 aromatic heterocycles. The summed E-state index contributed by atoms with van der Waals surface area (Å²) in [5, 5.41) is 0.613. The van der Waals surface area contributed by atoms with E-state index in [1.807, 2.05) is 18.2 Å². The van der Waals surface area contributed by atoms with E-state index >= 15 is 0 Å². The minimum Gasteiger partial charge on any atom is -0.497 e. The Balaban J connectivity index is 1.90. The van der Waals surface area contributed by atoms with Crippen molar-refractivity contribution in [1.82, 2.24) is 0 Å². The monoisotopic (exact) mass is 332 g/mol. The number of hydrogen-bond donors (Lipinski definition) is 0. The van der Waals surface area contributed by atoms with Crippen molar-refractivity contribution in [2.45, 2.75) is 18.9 Å². The number of carbonyl (C=O) groups is 1. The van der Waals surface area contributed by atoms with Crippen LogP contribution in [0.3, 0.4) is 0 Å². The van der Waals surface area contributed by atoms with Crippen molar-refractivity contribution < 1.29 is 19.0 Å². The van der Waals surface area contributed by atoms with Gasteiger partial charge in [-0.3, -0.25) is 0 Å². The molecule has 0 amide bonds. The van der Waals surface area contributed by atoms with Crippen molar-refractivity contribution in [2.75, 3.05) is 14.2 Å². The summed E-state index contributed by atoms with van der Waals surface area (Å²) < 4.78 is 16.1. The minimum atomic E-state index is -0.341. The first kappa shape index (κ1) is 15.7. The number of rotatable bonds is 3. The lowest BCUT2D eigenvalue weighted by molar-refractivity contribution is 0.0596. The molecule has 0 N–H and O–H groups in total. The van der Waals surface area contributed by atoms with Crippen molar-refractivity contribution in [2.24, 2.45) is 0 Å². The molecule has 5 heteroatoms. The molecule has 0 saturated heterocycles. The molecular weight excluding hydrogens is 316 g/mol. The molecule has 0 saturated carbocycles. The lowest BCUT2D eigenvalue weighted by atomic mass is 9.94. The van der Waals surface area contributed by atoms with Gasteiger partial charge in [-0.05, 0) is 37.1 Å². The van der Waals surface area contributed by atoms with Gasteiger partial charge in [0.05, 0.1) is 24.8 Å². The number of methoxy groups -OCH3 is 2. The van der Waals surface area contributed by atoms with E-state index in [1.54, 1.807) is 25.3 Å². The molecule has 0 radical (unpaired) electrons. The van der Waals surface area contributed by atoms with Crippen LogP contribution in [0.2, 0.25) is 5.02 Å². The van der Waals surface area contributed by atoms with Gasteiger partial charge in [-0.2, -0.15) is 0 Å². The minimum absolute atomic E-state index is 0.145. The van der Waals surface area contributed by atoms with E-state index in [0.717, 1.165) is 24.0 Å². The summed E-state index contributed by atoms with van der Waals surface area (Å²) in [4.78, 5) is 11.8. The summed E-state index contributed by atoms with van der Waals surface area (Å²) in [7, 11) is 2.98. The molecule has 120 valence electrons. The van der Waals surface area contributed by atoms with Gasteiger partial charge in [-0.1, -0.05) is 23.7 Å². The van der Waals surface area contributed by atoms with Crippen LogP contribution >= 0.6 is 11.6 Å². The molecule has 1 heterocycles. The Hall–Kier alpha value is -2.20. The predicted molar refractivity (Wildman–Crippen MR) is 87.5 cm³/mol. The summed E-state index contributed by atoms with van der Waals surface area (Å²) in [5.74, 6) is 1.07. The standard InChI is InChI=1S/C18H17ClO4/c1-21-11-6-7-14(15(19)10-11)17-9-8-12-13(18(20)22-2)4-3-5-16(12)23-17/h3-7,10,17H,8-9H2,1-2H3. The first-order valence-electron chi connectivity index (χ1n) is 7.34. The quantitative estimate of drug-likeness (QED) is 0.790. The van der Waals surface area contributed by atoms with Crippen LogP contribution in [0.4, 0.5) is 0 Å². The van der Waals surface area contributed by atoms with Crippen LogP contribution in [0.15, 0.2) is 36.4 Å². The third-order valence-electron chi connectivity index (χ3n) is 4.02. The van der Waals surface area contributed by atoms with Gasteiger partial charge in [0, 0.05) is 11.1 Å². The lowest BCUT2D eigenvalue weighted by Gasteiger charge is -2.28. The normalized spacial score (nSPS) is 16.2. The summed E-state index contributed by atoms with van der Waals surface area (Å²) >= 11 is 6.34. The molecule has 3 rings (SSSR count). The Morgan fingerprint density at radius 3 is 2.78 bits per heavy atom. The second kappa shape index (κ2) is 6.50. The van der Waals surface area contributed by atoms with Crippen molar-refractivity contribution in [1.29, 1.82) is 0 Å². The molecule has 1 aliphatic rings. The van der Waals surface area contributed by atoms with Crippen molar-refractivity contribution in [3.05, 3.63) is 58.1 Å². The number of hydrogen-bond acceptors (Lipinski definition) is 4. The van der Waals surface area contributed by atoms with Crippen LogP contribution < -0.4 is 9.47 Å². The Morgan fingerprint density at radius 1 is 1.26 bits per heavy atom. The lowest BCUT2D eigenvalue weighted by Crippen LogP contribution is -2.18. The van der Waals surface area contributed by atoms with Crippen molar-refractivity contribution >= 4 is 17.6 Å².